The van der Waals surface area contributed by atoms with E-state index < -0.39 is 17.7 Å². The Morgan fingerprint density at radius 1 is 1.11 bits per heavy atom. The minimum Gasteiger partial charge on any atom is -0.309 e. The van der Waals surface area contributed by atoms with Crippen molar-refractivity contribution in [3.05, 3.63) is 65.0 Å². The maximum atomic E-state index is 13.8. The van der Waals surface area contributed by atoms with E-state index in [9.17, 15) is 8.78 Å². The molecule has 0 spiro atoms. The van der Waals surface area contributed by atoms with Gasteiger partial charge in [-0.05, 0) is 37.7 Å². The molecule has 1 atom stereocenters. The summed E-state index contributed by atoms with van der Waals surface area (Å²) in [4.78, 5) is 4.15. The SMILES string of the molecule is CNC(c1cccnc1C)c1c(F)cccc1F. The third-order valence-electron chi connectivity index (χ3n) is 2.94. The zero-order valence-electron chi connectivity index (χ0n) is 10.2. The van der Waals surface area contributed by atoms with Crippen LogP contribution in [-0.4, -0.2) is 12.0 Å². The molecule has 0 aliphatic rings. The lowest BCUT2D eigenvalue weighted by atomic mass is 9.97. The summed E-state index contributed by atoms with van der Waals surface area (Å²) in [6, 6.07) is 6.90. The lowest BCUT2D eigenvalue weighted by Crippen LogP contribution is -2.21. The molecule has 1 heterocycles. The van der Waals surface area contributed by atoms with Crippen molar-refractivity contribution in [1.82, 2.24) is 10.3 Å². The summed E-state index contributed by atoms with van der Waals surface area (Å²) in [5, 5.41) is 2.94. The van der Waals surface area contributed by atoms with E-state index in [0.717, 1.165) is 11.3 Å². The quantitative estimate of drug-likeness (QED) is 0.903. The van der Waals surface area contributed by atoms with Crippen LogP contribution in [0.3, 0.4) is 0 Å². The van der Waals surface area contributed by atoms with Crippen LogP contribution < -0.4 is 5.32 Å². The molecule has 18 heavy (non-hydrogen) atoms. The Morgan fingerprint density at radius 2 is 1.78 bits per heavy atom. The smallest absolute Gasteiger partial charge is 0.131 e. The number of pyridine rings is 1. The van der Waals surface area contributed by atoms with Gasteiger partial charge >= 0.3 is 0 Å². The van der Waals surface area contributed by atoms with Crippen LogP contribution >= 0.6 is 0 Å². The molecule has 0 amide bonds. The second-order valence-electron chi connectivity index (χ2n) is 4.04. The third kappa shape index (κ3) is 2.24. The Balaban J connectivity index is 2.56. The molecule has 1 aromatic heterocycles. The van der Waals surface area contributed by atoms with Crippen LogP contribution in [0.5, 0.6) is 0 Å². The van der Waals surface area contributed by atoms with Gasteiger partial charge in [-0.3, -0.25) is 4.98 Å². The molecule has 2 aromatic rings. The summed E-state index contributed by atoms with van der Waals surface area (Å²) >= 11 is 0. The summed E-state index contributed by atoms with van der Waals surface area (Å²) in [6.45, 7) is 1.82. The topological polar surface area (TPSA) is 24.9 Å². The molecular weight excluding hydrogens is 234 g/mol. The zero-order valence-corrected chi connectivity index (χ0v) is 10.2. The summed E-state index contributed by atoms with van der Waals surface area (Å²) in [7, 11) is 1.67. The van der Waals surface area contributed by atoms with Gasteiger partial charge in [0.25, 0.3) is 0 Å². The van der Waals surface area contributed by atoms with Crippen molar-refractivity contribution in [3.8, 4) is 0 Å². The molecule has 4 heteroatoms. The molecule has 2 rings (SSSR count). The van der Waals surface area contributed by atoms with Gasteiger partial charge in [-0.15, -0.1) is 0 Å². The van der Waals surface area contributed by atoms with Crippen LogP contribution in [-0.2, 0) is 0 Å². The van der Waals surface area contributed by atoms with E-state index in [1.807, 2.05) is 13.0 Å². The minimum absolute atomic E-state index is 0.0242. The van der Waals surface area contributed by atoms with Gasteiger partial charge in [0.2, 0.25) is 0 Å². The van der Waals surface area contributed by atoms with Crippen molar-refractivity contribution < 1.29 is 8.78 Å². The van der Waals surface area contributed by atoms with E-state index in [4.69, 9.17) is 0 Å². The fourth-order valence-electron chi connectivity index (χ4n) is 2.04. The molecule has 0 fully saturated rings. The minimum atomic E-state index is -0.558. The highest BCUT2D eigenvalue weighted by atomic mass is 19.1. The van der Waals surface area contributed by atoms with Crippen molar-refractivity contribution >= 4 is 0 Å². The predicted octanol–water partition coefficient (Wildman–Crippen LogP) is 2.98. The van der Waals surface area contributed by atoms with Gasteiger partial charge in [0.1, 0.15) is 11.6 Å². The molecule has 0 aliphatic carbocycles. The number of nitrogens with one attached hydrogen (secondary N) is 1. The first kappa shape index (κ1) is 12.6. The average molecular weight is 248 g/mol. The number of hydrogen-bond acceptors (Lipinski definition) is 2. The number of rotatable bonds is 3. The number of aryl methyl sites for hydroxylation is 1. The highest BCUT2D eigenvalue weighted by Crippen LogP contribution is 2.27. The van der Waals surface area contributed by atoms with Crippen LogP contribution in [0.15, 0.2) is 36.5 Å². The molecule has 2 nitrogen and oxygen atoms in total. The predicted molar refractivity (Wildman–Crippen MR) is 66.2 cm³/mol. The third-order valence-corrected chi connectivity index (χ3v) is 2.94. The second-order valence-corrected chi connectivity index (χ2v) is 4.04. The first-order chi connectivity index (χ1) is 8.65. The lowest BCUT2D eigenvalue weighted by molar-refractivity contribution is 0.520. The first-order valence-electron chi connectivity index (χ1n) is 5.68. The van der Waals surface area contributed by atoms with Gasteiger partial charge in [0.15, 0.2) is 0 Å². The number of halogens is 2. The Labute approximate surface area is 105 Å². The molecule has 0 saturated heterocycles. The van der Waals surface area contributed by atoms with Crippen molar-refractivity contribution in [3.63, 3.8) is 0 Å². The van der Waals surface area contributed by atoms with Gasteiger partial charge in [-0.25, -0.2) is 8.78 Å². The number of nitrogens with zero attached hydrogens (tertiary/aromatic N) is 1. The van der Waals surface area contributed by atoms with Gasteiger partial charge in [0.05, 0.1) is 6.04 Å². The highest BCUT2D eigenvalue weighted by Gasteiger charge is 2.21. The summed E-state index contributed by atoms with van der Waals surface area (Å²) in [5.74, 6) is -1.12. The van der Waals surface area contributed by atoms with Crippen LogP contribution in [0.4, 0.5) is 8.78 Å². The maximum Gasteiger partial charge on any atom is 0.131 e. The Hall–Kier alpha value is -1.81. The van der Waals surface area contributed by atoms with Crippen LogP contribution in [0.2, 0.25) is 0 Å². The van der Waals surface area contributed by atoms with E-state index in [1.54, 1.807) is 19.3 Å². The summed E-state index contributed by atoms with van der Waals surface area (Å²) in [6.07, 6.45) is 1.66. The lowest BCUT2D eigenvalue weighted by Gasteiger charge is -2.19. The van der Waals surface area contributed by atoms with Gasteiger partial charge in [0, 0.05) is 17.5 Å². The molecule has 1 N–H and O–H groups in total. The molecule has 0 aliphatic heterocycles. The van der Waals surface area contributed by atoms with Crippen LogP contribution in [0.25, 0.3) is 0 Å². The first-order valence-corrected chi connectivity index (χ1v) is 5.68. The van der Waals surface area contributed by atoms with E-state index in [2.05, 4.69) is 10.3 Å². The van der Waals surface area contributed by atoms with Gasteiger partial charge in [-0.2, -0.15) is 0 Å². The van der Waals surface area contributed by atoms with Crippen molar-refractivity contribution in [1.29, 1.82) is 0 Å². The zero-order chi connectivity index (χ0) is 13.1. The van der Waals surface area contributed by atoms with E-state index in [-0.39, 0.29) is 5.56 Å². The fourth-order valence-corrected chi connectivity index (χ4v) is 2.04. The molecular formula is C14H14F2N2. The van der Waals surface area contributed by atoms with E-state index in [0.29, 0.717) is 0 Å². The Morgan fingerprint density at radius 3 is 2.33 bits per heavy atom. The number of aromatic nitrogens is 1. The average Bonchev–Trinajstić information content (AvgIpc) is 2.35. The second kappa shape index (κ2) is 5.23. The van der Waals surface area contributed by atoms with Gasteiger partial charge in [-0.1, -0.05) is 12.1 Å². The van der Waals surface area contributed by atoms with Crippen molar-refractivity contribution in [2.24, 2.45) is 0 Å². The van der Waals surface area contributed by atoms with E-state index >= 15 is 0 Å². The molecule has 94 valence electrons. The molecule has 0 bridgehead atoms. The summed E-state index contributed by atoms with van der Waals surface area (Å²) < 4.78 is 27.6. The number of hydrogen-bond donors (Lipinski definition) is 1. The number of benzene rings is 1. The standard InChI is InChI=1S/C14H14F2N2/c1-9-10(5-4-8-18-9)14(17-2)13-11(15)6-3-7-12(13)16/h3-8,14,17H,1-2H3. The Kier molecular flexibility index (Phi) is 3.67. The molecule has 0 radical (unpaired) electrons. The largest absolute Gasteiger partial charge is 0.309 e. The Bertz CT molecular complexity index is 535. The highest BCUT2D eigenvalue weighted by molar-refractivity contribution is 5.35. The van der Waals surface area contributed by atoms with Crippen LogP contribution in [0, 0.1) is 18.6 Å². The van der Waals surface area contributed by atoms with Gasteiger partial charge < -0.3 is 5.32 Å². The van der Waals surface area contributed by atoms with E-state index in [1.165, 1.54) is 18.2 Å². The molecule has 0 saturated carbocycles. The molecule has 1 unspecified atom stereocenters. The van der Waals surface area contributed by atoms with Crippen molar-refractivity contribution in [2.75, 3.05) is 7.05 Å². The fraction of sp³-hybridized carbons (Fsp3) is 0.214. The maximum absolute atomic E-state index is 13.8. The summed E-state index contributed by atoms with van der Waals surface area (Å²) in [5.41, 5.74) is 1.54. The monoisotopic (exact) mass is 248 g/mol. The molecule has 1 aromatic carbocycles. The van der Waals surface area contributed by atoms with Crippen LogP contribution in [0.1, 0.15) is 22.9 Å². The normalized spacial score (nSPS) is 12.4. The van der Waals surface area contributed by atoms with Crippen molar-refractivity contribution in [2.45, 2.75) is 13.0 Å².